The third-order valence-electron chi connectivity index (χ3n) is 2.72. The first-order valence-electron chi connectivity index (χ1n) is 5.92. The number of hydrogen-bond donors (Lipinski definition) is 1. The Labute approximate surface area is 119 Å². The number of hydrogen-bond acceptors (Lipinski definition) is 2. The molecule has 104 valence electrons. The Bertz CT molecular complexity index is 592. The second-order valence-electron chi connectivity index (χ2n) is 4.20. The molecule has 0 saturated heterocycles. The molecule has 0 atom stereocenters. The van der Waals surface area contributed by atoms with Crippen LogP contribution >= 0.6 is 11.8 Å². The Morgan fingerprint density at radius 3 is 2.20 bits per heavy atom. The highest BCUT2D eigenvalue weighted by atomic mass is 32.2. The lowest BCUT2D eigenvalue weighted by Gasteiger charge is -2.05. The number of aliphatic carboxylic acids is 1. The van der Waals surface area contributed by atoms with Gasteiger partial charge in [0.05, 0.1) is 6.42 Å². The summed E-state index contributed by atoms with van der Waals surface area (Å²) in [4.78, 5) is 11.4. The summed E-state index contributed by atoms with van der Waals surface area (Å²) in [6.07, 6.45) is -0.0348. The minimum Gasteiger partial charge on any atom is -0.481 e. The lowest BCUT2D eigenvalue weighted by atomic mass is 10.2. The van der Waals surface area contributed by atoms with Crippen LogP contribution in [0.5, 0.6) is 0 Å². The van der Waals surface area contributed by atoms with Crippen LogP contribution in [0.15, 0.2) is 47.4 Å². The molecule has 0 saturated carbocycles. The van der Waals surface area contributed by atoms with Gasteiger partial charge in [-0.25, -0.2) is 8.78 Å². The molecule has 0 radical (unpaired) electrons. The smallest absolute Gasteiger partial charge is 0.307 e. The maximum atomic E-state index is 13.4. The van der Waals surface area contributed by atoms with E-state index < -0.39 is 17.6 Å². The highest BCUT2D eigenvalue weighted by Gasteiger charge is 2.08. The third kappa shape index (κ3) is 3.81. The molecule has 0 aliphatic rings. The van der Waals surface area contributed by atoms with Gasteiger partial charge in [-0.05, 0) is 29.8 Å². The molecule has 0 spiro atoms. The van der Waals surface area contributed by atoms with Crippen molar-refractivity contribution in [3.63, 3.8) is 0 Å². The van der Waals surface area contributed by atoms with E-state index >= 15 is 0 Å². The van der Waals surface area contributed by atoms with Crippen LogP contribution in [0.2, 0.25) is 0 Å². The second-order valence-corrected chi connectivity index (χ2v) is 5.25. The van der Waals surface area contributed by atoms with Crippen molar-refractivity contribution in [2.75, 3.05) is 0 Å². The van der Waals surface area contributed by atoms with E-state index in [0.29, 0.717) is 5.56 Å². The molecule has 0 aromatic heterocycles. The van der Waals surface area contributed by atoms with E-state index in [1.54, 1.807) is 24.3 Å². The molecule has 0 bridgehead atoms. The van der Waals surface area contributed by atoms with Crippen LogP contribution in [0, 0.1) is 11.6 Å². The monoisotopic (exact) mass is 294 g/mol. The van der Waals surface area contributed by atoms with Gasteiger partial charge in [0.1, 0.15) is 11.6 Å². The maximum absolute atomic E-state index is 13.4. The number of rotatable bonds is 5. The molecule has 0 fully saturated rings. The third-order valence-corrected chi connectivity index (χ3v) is 3.76. The topological polar surface area (TPSA) is 37.3 Å². The van der Waals surface area contributed by atoms with E-state index in [1.807, 2.05) is 0 Å². The summed E-state index contributed by atoms with van der Waals surface area (Å²) in [5.41, 5.74) is 0.742. The first kappa shape index (κ1) is 14.5. The van der Waals surface area contributed by atoms with Gasteiger partial charge >= 0.3 is 5.97 Å². The number of thioether (sulfide) groups is 1. The quantitative estimate of drug-likeness (QED) is 0.850. The lowest BCUT2D eigenvalue weighted by Crippen LogP contribution is -1.99. The first-order valence-corrected chi connectivity index (χ1v) is 6.91. The van der Waals surface area contributed by atoms with Crippen molar-refractivity contribution in [2.24, 2.45) is 0 Å². The summed E-state index contributed by atoms with van der Waals surface area (Å²) in [5.74, 6) is -1.81. The van der Waals surface area contributed by atoms with Gasteiger partial charge in [0.25, 0.3) is 0 Å². The van der Waals surface area contributed by atoms with Gasteiger partial charge in [0, 0.05) is 16.2 Å². The predicted octanol–water partition coefficient (Wildman–Crippen LogP) is 3.88. The zero-order valence-corrected chi connectivity index (χ0v) is 11.3. The molecular formula is C15H12F2O2S. The first-order chi connectivity index (χ1) is 9.56. The van der Waals surface area contributed by atoms with Gasteiger partial charge in [-0.15, -0.1) is 11.8 Å². The van der Waals surface area contributed by atoms with Crippen LogP contribution < -0.4 is 0 Å². The molecule has 5 heteroatoms. The molecule has 0 unspecified atom stereocenters. The van der Waals surface area contributed by atoms with E-state index in [2.05, 4.69) is 0 Å². The molecule has 0 heterocycles. The summed E-state index contributed by atoms with van der Waals surface area (Å²) >= 11 is 1.30. The standard InChI is InChI=1S/C15H12F2O2S/c16-13-2-1-3-14(17)12(13)9-20-11-6-4-10(5-7-11)8-15(18)19/h1-7H,8-9H2,(H,18,19). The van der Waals surface area contributed by atoms with Crippen LogP contribution in [0.4, 0.5) is 8.78 Å². The van der Waals surface area contributed by atoms with Crippen molar-refractivity contribution >= 4 is 17.7 Å². The summed E-state index contributed by atoms with van der Waals surface area (Å²) < 4.78 is 26.9. The minimum atomic E-state index is -0.890. The Kier molecular flexibility index (Phi) is 4.74. The Balaban J connectivity index is 2.02. The number of carboxylic acid groups (broad SMARTS) is 1. The van der Waals surface area contributed by atoms with Gasteiger partial charge in [0.2, 0.25) is 0 Å². The normalized spacial score (nSPS) is 10.5. The van der Waals surface area contributed by atoms with Crippen molar-refractivity contribution in [1.29, 1.82) is 0 Å². The average molecular weight is 294 g/mol. The van der Waals surface area contributed by atoms with Gasteiger partial charge in [-0.1, -0.05) is 18.2 Å². The van der Waals surface area contributed by atoms with E-state index in [9.17, 15) is 13.6 Å². The largest absolute Gasteiger partial charge is 0.481 e. The Morgan fingerprint density at radius 1 is 1.05 bits per heavy atom. The van der Waals surface area contributed by atoms with Gasteiger partial charge in [-0.2, -0.15) is 0 Å². The van der Waals surface area contributed by atoms with Crippen LogP contribution in [-0.4, -0.2) is 11.1 Å². The van der Waals surface area contributed by atoms with E-state index in [4.69, 9.17) is 5.11 Å². The van der Waals surface area contributed by atoms with Crippen LogP contribution in [0.25, 0.3) is 0 Å². The molecule has 20 heavy (non-hydrogen) atoms. The second kappa shape index (κ2) is 6.52. The molecule has 0 aliphatic carbocycles. The number of halogens is 2. The predicted molar refractivity (Wildman–Crippen MR) is 73.7 cm³/mol. The highest BCUT2D eigenvalue weighted by molar-refractivity contribution is 7.98. The Hall–Kier alpha value is -1.88. The van der Waals surface area contributed by atoms with Crippen molar-refractivity contribution in [2.45, 2.75) is 17.1 Å². The maximum Gasteiger partial charge on any atom is 0.307 e. The number of carboxylic acids is 1. The van der Waals surface area contributed by atoms with Crippen molar-refractivity contribution in [3.8, 4) is 0 Å². The SMILES string of the molecule is O=C(O)Cc1ccc(SCc2c(F)cccc2F)cc1. The van der Waals surface area contributed by atoms with Gasteiger partial charge in [0.15, 0.2) is 0 Å². The number of carbonyl (C=O) groups is 1. The molecule has 0 aliphatic heterocycles. The zero-order valence-electron chi connectivity index (χ0n) is 10.5. The van der Waals surface area contributed by atoms with E-state index in [-0.39, 0.29) is 17.7 Å². The van der Waals surface area contributed by atoms with Crippen molar-refractivity contribution in [3.05, 3.63) is 65.2 Å². The molecule has 2 aromatic rings. The summed E-state index contributed by atoms with van der Waals surface area (Å²) in [7, 11) is 0. The van der Waals surface area contributed by atoms with Crippen LogP contribution in [-0.2, 0) is 17.0 Å². The molecule has 2 nitrogen and oxygen atoms in total. The fraction of sp³-hybridized carbons (Fsp3) is 0.133. The minimum absolute atomic E-state index is 0.0348. The van der Waals surface area contributed by atoms with Crippen molar-refractivity contribution in [1.82, 2.24) is 0 Å². The molecule has 0 amide bonds. The molecule has 2 aromatic carbocycles. The molecule has 1 N–H and O–H groups in total. The van der Waals surface area contributed by atoms with Crippen LogP contribution in [0.1, 0.15) is 11.1 Å². The van der Waals surface area contributed by atoms with Crippen LogP contribution in [0.3, 0.4) is 0 Å². The molecule has 2 rings (SSSR count). The lowest BCUT2D eigenvalue weighted by molar-refractivity contribution is -0.136. The van der Waals surface area contributed by atoms with Gasteiger partial charge < -0.3 is 5.11 Å². The van der Waals surface area contributed by atoms with E-state index in [1.165, 1.54) is 30.0 Å². The Morgan fingerprint density at radius 2 is 1.65 bits per heavy atom. The zero-order chi connectivity index (χ0) is 14.5. The summed E-state index contributed by atoms with van der Waals surface area (Å²) in [6, 6.07) is 10.7. The molecular weight excluding hydrogens is 282 g/mol. The fourth-order valence-corrected chi connectivity index (χ4v) is 2.62. The average Bonchev–Trinajstić information content (AvgIpc) is 2.39. The van der Waals surface area contributed by atoms with Crippen molar-refractivity contribution < 1.29 is 18.7 Å². The summed E-state index contributed by atoms with van der Waals surface area (Å²) in [5, 5.41) is 8.66. The van der Waals surface area contributed by atoms with Gasteiger partial charge in [-0.3, -0.25) is 4.79 Å². The number of benzene rings is 2. The summed E-state index contributed by atoms with van der Waals surface area (Å²) in [6.45, 7) is 0. The van der Waals surface area contributed by atoms with E-state index in [0.717, 1.165) is 4.90 Å². The fourth-order valence-electron chi connectivity index (χ4n) is 1.70. The highest BCUT2D eigenvalue weighted by Crippen LogP contribution is 2.25.